The van der Waals surface area contributed by atoms with Gasteiger partial charge in [-0.2, -0.15) is 0 Å². The van der Waals surface area contributed by atoms with Gasteiger partial charge in [0.2, 0.25) is 5.95 Å². The minimum Gasteiger partial charge on any atom is -0.387 e. The van der Waals surface area contributed by atoms with Crippen molar-refractivity contribution in [2.75, 3.05) is 5.43 Å². The molecule has 0 aliphatic carbocycles. The number of hydrogen-bond acceptors (Lipinski definition) is 6. The molecule has 0 saturated carbocycles. The lowest BCUT2D eigenvalue weighted by molar-refractivity contribution is -0.114. The summed E-state index contributed by atoms with van der Waals surface area (Å²) in [5, 5.41) is 3.83. The highest BCUT2D eigenvalue weighted by Crippen LogP contribution is 2.26. The third-order valence-electron chi connectivity index (χ3n) is 2.96. The molecule has 2 heterocycles. The van der Waals surface area contributed by atoms with E-state index < -0.39 is 0 Å². The van der Waals surface area contributed by atoms with Gasteiger partial charge in [0.1, 0.15) is 0 Å². The Morgan fingerprint density at radius 3 is 2.67 bits per heavy atom. The van der Waals surface area contributed by atoms with Crippen LogP contribution in [0.3, 0.4) is 0 Å². The van der Waals surface area contributed by atoms with E-state index >= 15 is 0 Å². The van der Waals surface area contributed by atoms with Crippen LogP contribution >= 0.6 is 0 Å². The zero-order valence-electron chi connectivity index (χ0n) is 11.1. The van der Waals surface area contributed by atoms with Gasteiger partial charge in [-0.05, 0) is 11.6 Å². The minimum absolute atomic E-state index is 0.222. The van der Waals surface area contributed by atoms with Crippen molar-refractivity contribution < 1.29 is 9.63 Å². The van der Waals surface area contributed by atoms with Gasteiger partial charge in [0.15, 0.2) is 11.8 Å². The Bertz CT molecular complexity index is 645. The predicted octanol–water partition coefficient (Wildman–Crippen LogP) is 1.44. The Kier molecular flexibility index (Phi) is 3.72. The summed E-state index contributed by atoms with van der Waals surface area (Å²) in [6.07, 6.45) is 3.35. The maximum absolute atomic E-state index is 12.0. The van der Waals surface area contributed by atoms with Crippen LogP contribution in [0.4, 0.5) is 5.95 Å². The maximum Gasteiger partial charge on any atom is 0.287 e. The summed E-state index contributed by atoms with van der Waals surface area (Å²) in [5.41, 5.74) is 6.42. The third-order valence-corrected chi connectivity index (χ3v) is 2.96. The minimum atomic E-state index is -0.360. The fourth-order valence-electron chi connectivity index (χ4n) is 1.91. The summed E-state index contributed by atoms with van der Waals surface area (Å²) in [6.45, 7) is 0. The Balaban J connectivity index is 1.55. The van der Waals surface area contributed by atoms with Gasteiger partial charge in [-0.3, -0.25) is 15.6 Å². The number of hydrogen-bond donors (Lipinski definition) is 2. The van der Waals surface area contributed by atoms with E-state index in [0.717, 1.165) is 5.56 Å². The maximum atomic E-state index is 12.0. The molecular formula is C14H13N5O2. The molecule has 1 amide bonds. The molecule has 1 aromatic carbocycles. The monoisotopic (exact) mass is 283 g/mol. The van der Waals surface area contributed by atoms with Crippen molar-refractivity contribution >= 4 is 17.6 Å². The van der Waals surface area contributed by atoms with Crippen LogP contribution < -0.4 is 10.9 Å². The molecule has 1 aromatic heterocycles. The topological polar surface area (TPSA) is 88.5 Å². The van der Waals surface area contributed by atoms with E-state index in [2.05, 4.69) is 26.0 Å². The molecule has 1 atom stereocenters. The number of amides is 1. The lowest BCUT2D eigenvalue weighted by atomic mass is 10.0. The number of aromatic nitrogens is 2. The van der Waals surface area contributed by atoms with E-state index in [0.29, 0.717) is 18.1 Å². The van der Waals surface area contributed by atoms with Crippen molar-refractivity contribution in [2.45, 2.75) is 12.5 Å². The van der Waals surface area contributed by atoms with Crippen molar-refractivity contribution in [1.29, 1.82) is 0 Å². The van der Waals surface area contributed by atoms with Crippen LogP contribution in [0.25, 0.3) is 0 Å². The fraction of sp³-hybridized carbons (Fsp3) is 0.143. The second kappa shape index (κ2) is 6.00. The Morgan fingerprint density at radius 2 is 1.90 bits per heavy atom. The molecule has 0 spiro atoms. The van der Waals surface area contributed by atoms with Gasteiger partial charge < -0.3 is 4.84 Å². The van der Waals surface area contributed by atoms with Gasteiger partial charge in [0.25, 0.3) is 5.91 Å². The van der Waals surface area contributed by atoms with Gasteiger partial charge in [-0.1, -0.05) is 35.5 Å². The second-order valence-corrected chi connectivity index (χ2v) is 4.40. The molecule has 0 radical (unpaired) electrons. The molecule has 2 N–H and O–H groups in total. The normalized spacial score (nSPS) is 16.8. The molecule has 106 valence electrons. The number of nitrogens with zero attached hydrogens (tertiary/aromatic N) is 3. The SMILES string of the molecule is O=C(NNc1ncccn1)C1=NOC(c2ccccc2)C1. The first-order valence-electron chi connectivity index (χ1n) is 6.44. The van der Waals surface area contributed by atoms with Crippen molar-refractivity contribution in [2.24, 2.45) is 5.16 Å². The smallest absolute Gasteiger partial charge is 0.287 e. The first-order chi connectivity index (χ1) is 10.3. The molecule has 0 fully saturated rings. The van der Waals surface area contributed by atoms with Crippen LogP contribution in [0, 0.1) is 0 Å². The van der Waals surface area contributed by atoms with Crippen molar-refractivity contribution in [3.8, 4) is 0 Å². The molecule has 2 aromatic rings. The molecule has 1 aliphatic rings. The molecule has 0 bridgehead atoms. The lowest BCUT2D eigenvalue weighted by Crippen LogP contribution is -2.35. The van der Waals surface area contributed by atoms with Crippen LogP contribution in [0.1, 0.15) is 18.1 Å². The molecule has 3 rings (SSSR count). The fourth-order valence-corrected chi connectivity index (χ4v) is 1.91. The standard InChI is InChI=1S/C14H13N5O2/c20-13(17-18-14-15-7-4-8-16-14)11-9-12(21-19-11)10-5-2-1-3-6-10/h1-8,12H,9H2,(H,17,20)(H,15,16,18). The van der Waals surface area contributed by atoms with E-state index in [1.54, 1.807) is 18.5 Å². The van der Waals surface area contributed by atoms with Crippen LogP contribution in [0.15, 0.2) is 53.9 Å². The summed E-state index contributed by atoms with van der Waals surface area (Å²) in [6, 6.07) is 11.3. The molecule has 7 nitrogen and oxygen atoms in total. The Morgan fingerprint density at radius 1 is 1.14 bits per heavy atom. The van der Waals surface area contributed by atoms with Gasteiger partial charge in [0, 0.05) is 18.8 Å². The highest BCUT2D eigenvalue weighted by molar-refractivity contribution is 6.39. The summed E-state index contributed by atoms with van der Waals surface area (Å²) >= 11 is 0. The van der Waals surface area contributed by atoms with Gasteiger partial charge in [0.05, 0.1) is 0 Å². The number of anilines is 1. The first-order valence-corrected chi connectivity index (χ1v) is 6.44. The van der Waals surface area contributed by atoms with Crippen LogP contribution in [-0.4, -0.2) is 21.6 Å². The number of benzene rings is 1. The van der Waals surface area contributed by atoms with Gasteiger partial charge in [-0.15, -0.1) is 0 Å². The summed E-state index contributed by atoms with van der Waals surface area (Å²) in [5.74, 6) is -0.0501. The first kappa shape index (κ1) is 13.0. The van der Waals surface area contributed by atoms with Crippen molar-refractivity contribution in [3.63, 3.8) is 0 Å². The molecule has 1 unspecified atom stereocenters. The lowest BCUT2D eigenvalue weighted by Gasteiger charge is -2.07. The van der Waals surface area contributed by atoms with Crippen molar-refractivity contribution in [3.05, 3.63) is 54.4 Å². The second-order valence-electron chi connectivity index (χ2n) is 4.40. The summed E-state index contributed by atoms with van der Waals surface area (Å²) in [7, 11) is 0. The molecule has 7 heteroatoms. The van der Waals surface area contributed by atoms with Crippen molar-refractivity contribution in [1.82, 2.24) is 15.4 Å². The molecular weight excluding hydrogens is 270 g/mol. The highest BCUT2D eigenvalue weighted by Gasteiger charge is 2.27. The zero-order chi connectivity index (χ0) is 14.5. The van der Waals surface area contributed by atoms with Gasteiger partial charge in [-0.25, -0.2) is 9.97 Å². The number of oxime groups is 1. The zero-order valence-corrected chi connectivity index (χ0v) is 11.1. The number of rotatable bonds is 4. The summed E-state index contributed by atoms with van der Waals surface area (Å²) < 4.78 is 0. The number of carbonyl (C=O) groups is 1. The quantitative estimate of drug-likeness (QED) is 0.829. The number of nitrogens with one attached hydrogen (secondary N) is 2. The Hall–Kier alpha value is -2.96. The average molecular weight is 283 g/mol. The summed E-state index contributed by atoms with van der Waals surface area (Å²) in [4.78, 5) is 25.1. The average Bonchev–Trinajstić information content (AvgIpc) is 3.04. The van der Waals surface area contributed by atoms with Crippen LogP contribution in [-0.2, 0) is 9.63 Å². The largest absolute Gasteiger partial charge is 0.387 e. The van der Waals surface area contributed by atoms with E-state index in [9.17, 15) is 4.79 Å². The van der Waals surface area contributed by atoms with E-state index in [-0.39, 0.29) is 12.0 Å². The molecule has 0 saturated heterocycles. The predicted molar refractivity (Wildman–Crippen MR) is 76.1 cm³/mol. The number of carbonyl (C=O) groups excluding carboxylic acids is 1. The van der Waals surface area contributed by atoms with Gasteiger partial charge >= 0.3 is 0 Å². The van der Waals surface area contributed by atoms with Crippen LogP contribution in [0.2, 0.25) is 0 Å². The number of hydrazine groups is 1. The van der Waals surface area contributed by atoms with Crippen LogP contribution in [0.5, 0.6) is 0 Å². The molecule has 21 heavy (non-hydrogen) atoms. The van der Waals surface area contributed by atoms with E-state index in [1.807, 2.05) is 30.3 Å². The highest BCUT2D eigenvalue weighted by atomic mass is 16.6. The van der Waals surface area contributed by atoms with E-state index in [4.69, 9.17) is 4.84 Å². The Labute approximate surface area is 121 Å². The third kappa shape index (κ3) is 3.14. The van der Waals surface area contributed by atoms with E-state index in [1.165, 1.54) is 0 Å². The molecule has 1 aliphatic heterocycles.